The molecule has 1 unspecified atom stereocenters. The molecule has 1 aliphatic carbocycles. The van der Waals surface area contributed by atoms with E-state index >= 15 is 0 Å². The van der Waals surface area contributed by atoms with Gasteiger partial charge in [-0.2, -0.15) is 0 Å². The molecule has 94 valence electrons. The highest BCUT2D eigenvalue weighted by atomic mass is 16.5. The molecule has 1 saturated carbocycles. The van der Waals surface area contributed by atoms with Crippen molar-refractivity contribution in [3.63, 3.8) is 0 Å². The second-order valence-electron chi connectivity index (χ2n) is 4.93. The van der Waals surface area contributed by atoms with Crippen molar-refractivity contribution < 1.29 is 9.84 Å². The Balaban J connectivity index is 2.23. The Morgan fingerprint density at radius 3 is 2.94 bits per heavy atom. The Labute approximate surface area is 104 Å². The van der Waals surface area contributed by atoms with Crippen LogP contribution in [0.15, 0.2) is 36.5 Å². The molecule has 1 saturated heterocycles. The molecular formula is C15H22O2. The summed E-state index contributed by atoms with van der Waals surface area (Å²) in [5.74, 6) is 0.636. The van der Waals surface area contributed by atoms with E-state index in [2.05, 4.69) is 6.58 Å². The molecule has 1 heterocycles. The summed E-state index contributed by atoms with van der Waals surface area (Å²) in [4.78, 5) is 0. The quantitative estimate of drug-likeness (QED) is 0.758. The standard InChI is InChI=1S/C15H22O2/c1-2-3-7-13(9-11-16)15-10-6-4-5-8-14(15)12-17-15/h2-3,7,9,14,16H,1,4-6,8,10-12H2/b7-3-,13-9+/t14?,15-/m0/s1. The Morgan fingerprint density at radius 2 is 2.29 bits per heavy atom. The zero-order chi connectivity index (χ0) is 12.1. The zero-order valence-corrected chi connectivity index (χ0v) is 10.4. The summed E-state index contributed by atoms with van der Waals surface area (Å²) < 4.78 is 5.95. The highest BCUT2D eigenvalue weighted by Crippen LogP contribution is 2.48. The van der Waals surface area contributed by atoms with E-state index < -0.39 is 0 Å². The van der Waals surface area contributed by atoms with Gasteiger partial charge in [0.15, 0.2) is 0 Å². The molecule has 0 aromatic rings. The van der Waals surface area contributed by atoms with Gasteiger partial charge in [0.1, 0.15) is 0 Å². The molecular weight excluding hydrogens is 212 g/mol. The van der Waals surface area contributed by atoms with Crippen LogP contribution in [-0.4, -0.2) is 23.9 Å². The topological polar surface area (TPSA) is 29.5 Å². The molecule has 2 aliphatic rings. The smallest absolute Gasteiger partial charge is 0.0979 e. The van der Waals surface area contributed by atoms with Gasteiger partial charge in [0.2, 0.25) is 0 Å². The Morgan fingerprint density at radius 1 is 1.41 bits per heavy atom. The summed E-state index contributed by atoms with van der Waals surface area (Å²) in [5.41, 5.74) is 1.02. The van der Waals surface area contributed by atoms with Crippen LogP contribution in [0, 0.1) is 5.92 Å². The molecule has 1 aliphatic heterocycles. The average molecular weight is 234 g/mol. The van der Waals surface area contributed by atoms with Gasteiger partial charge in [-0.3, -0.25) is 0 Å². The van der Waals surface area contributed by atoms with Gasteiger partial charge >= 0.3 is 0 Å². The van der Waals surface area contributed by atoms with E-state index in [1.54, 1.807) is 6.08 Å². The zero-order valence-electron chi connectivity index (χ0n) is 10.4. The van der Waals surface area contributed by atoms with Crippen LogP contribution in [0.25, 0.3) is 0 Å². The van der Waals surface area contributed by atoms with Crippen LogP contribution in [0.3, 0.4) is 0 Å². The van der Waals surface area contributed by atoms with Gasteiger partial charge in [0.25, 0.3) is 0 Å². The van der Waals surface area contributed by atoms with Crippen LogP contribution in [0.5, 0.6) is 0 Å². The fourth-order valence-corrected chi connectivity index (χ4v) is 3.07. The lowest BCUT2D eigenvalue weighted by atomic mass is 9.73. The van der Waals surface area contributed by atoms with E-state index in [1.165, 1.54) is 25.7 Å². The van der Waals surface area contributed by atoms with E-state index in [9.17, 15) is 5.11 Å². The SMILES string of the molecule is C=C/C=C\C(=C/CO)[C@@]12CCCCCC1CO2. The Kier molecular flexibility index (Phi) is 4.19. The van der Waals surface area contributed by atoms with E-state index in [1.807, 2.05) is 18.2 Å². The monoisotopic (exact) mass is 234 g/mol. The van der Waals surface area contributed by atoms with Crippen molar-refractivity contribution in [2.45, 2.75) is 37.7 Å². The molecule has 17 heavy (non-hydrogen) atoms. The Hall–Kier alpha value is -0.860. The molecule has 0 radical (unpaired) electrons. The van der Waals surface area contributed by atoms with Crippen molar-refractivity contribution in [1.82, 2.24) is 0 Å². The second-order valence-corrected chi connectivity index (χ2v) is 4.93. The van der Waals surface area contributed by atoms with Gasteiger partial charge in [-0.25, -0.2) is 0 Å². The van der Waals surface area contributed by atoms with Crippen LogP contribution < -0.4 is 0 Å². The molecule has 2 atom stereocenters. The molecule has 1 N–H and O–H groups in total. The predicted molar refractivity (Wildman–Crippen MR) is 69.8 cm³/mol. The van der Waals surface area contributed by atoms with E-state index in [-0.39, 0.29) is 12.2 Å². The number of ether oxygens (including phenoxy) is 1. The van der Waals surface area contributed by atoms with E-state index in [0.29, 0.717) is 5.92 Å². The van der Waals surface area contributed by atoms with Crippen LogP contribution in [0.4, 0.5) is 0 Å². The maximum absolute atomic E-state index is 9.17. The van der Waals surface area contributed by atoms with Crippen LogP contribution in [-0.2, 0) is 4.74 Å². The van der Waals surface area contributed by atoms with Crippen molar-refractivity contribution in [2.75, 3.05) is 13.2 Å². The average Bonchev–Trinajstić information content (AvgIpc) is 2.45. The van der Waals surface area contributed by atoms with Crippen molar-refractivity contribution >= 4 is 0 Å². The lowest BCUT2D eigenvalue weighted by molar-refractivity contribution is -0.180. The molecule has 2 nitrogen and oxygen atoms in total. The fourth-order valence-electron chi connectivity index (χ4n) is 3.07. The number of fused-ring (bicyclic) bond motifs is 1. The first kappa shape index (κ1) is 12.6. The lowest BCUT2D eigenvalue weighted by Crippen LogP contribution is -2.54. The number of allylic oxidation sites excluding steroid dienone is 2. The third kappa shape index (κ3) is 2.38. The van der Waals surface area contributed by atoms with Crippen molar-refractivity contribution in [3.05, 3.63) is 36.5 Å². The minimum Gasteiger partial charge on any atom is -0.392 e. The Bertz CT molecular complexity index is 330. The van der Waals surface area contributed by atoms with Crippen molar-refractivity contribution in [1.29, 1.82) is 0 Å². The summed E-state index contributed by atoms with van der Waals surface area (Å²) in [6, 6.07) is 0. The van der Waals surface area contributed by atoms with Gasteiger partial charge in [0.05, 0.1) is 18.8 Å². The summed E-state index contributed by atoms with van der Waals surface area (Å²) in [6.45, 7) is 4.66. The highest BCUT2D eigenvalue weighted by molar-refractivity contribution is 5.34. The van der Waals surface area contributed by atoms with Gasteiger partial charge in [-0.1, -0.05) is 50.1 Å². The van der Waals surface area contributed by atoms with Crippen molar-refractivity contribution in [3.8, 4) is 0 Å². The molecule has 2 heteroatoms. The van der Waals surface area contributed by atoms with Crippen LogP contribution in [0.2, 0.25) is 0 Å². The number of hydrogen-bond acceptors (Lipinski definition) is 2. The first-order valence-corrected chi connectivity index (χ1v) is 6.58. The predicted octanol–water partition coefficient (Wildman–Crippen LogP) is 3.00. The van der Waals surface area contributed by atoms with E-state index in [0.717, 1.165) is 18.6 Å². The largest absolute Gasteiger partial charge is 0.392 e. The first-order valence-electron chi connectivity index (χ1n) is 6.58. The third-order valence-corrected chi connectivity index (χ3v) is 4.01. The first-order chi connectivity index (χ1) is 8.33. The molecule has 0 bridgehead atoms. The summed E-state index contributed by atoms with van der Waals surface area (Å²) in [6.07, 6.45) is 13.8. The van der Waals surface area contributed by atoms with Gasteiger partial charge in [-0.05, 0) is 18.4 Å². The van der Waals surface area contributed by atoms with Gasteiger partial charge < -0.3 is 9.84 Å². The summed E-state index contributed by atoms with van der Waals surface area (Å²) >= 11 is 0. The normalized spacial score (nSPS) is 33.9. The van der Waals surface area contributed by atoms with Gasteiger partial charge in [-0.15, -0.1) is 0 Å². The molecule has 2 fully saturated rings. The molecule has 0 amide bonds. The number of rotatable bonds is 4. The molecule has 2 rings (SSSR count). The fraction of sp³-hybridized carbons (Fsp3) is 0.600. The summed E-state index contributed by atoms with van der Waals surface area (Å²) in [7, 11) is 0. The number of aliphatic hydroxyl groups is 1. The number of aliphatic hydroxyl groups excluding tert-OH is 1. The highest BCUT2D eigenvalue weighted by Gasteiger charge is 2.49. The maximum atomic E-state index is 9.17. The van der Waals surface area contributed by atoms with Gasteiger partial charge in [0, 0.05) is 5.92 Å². The molecule has 0 aromatic carbocycles. The minimum atomic E-state index is -0.112. The molecule has 0 spiro atoms. The van der Waals surface area contributed by atoms with Crippen LogP contribution in [0.1, 0.15) is 32.1 Å². The lowest BCUT2D eigenvalue weighted by Gasteiger charge is -2.50. The maximum Gasteiger partial charge on any atom is 0.0979 e. The molecule has 0 aromatic heterocycles. The van der Waals surface area contributed by atoms with E-state index in [4.69, 9.17) is 4.74 Å². The van der Waals surface area contributed by atoms with Crippen LogP contribution >= 0.6 is 0 Å². The van der Waals surface area contributed by atoms with Crippen molar-refractivity contribution in [2.24, 2.45) is 5.92 Å². The third-order valence-electron chi connectivity index (χ3n) is 4.01. The summed E-state index contributed by atoms with van der Waals surface area (Å²) in [5, 5.41) is 9.17. The minimum absolute atomic E-state index is 0.0780. The number of hydrogen-bond donors (Lipinski definition) is 1. The second kappa shape index (κ2) is 5.65.